The van der Waals surface area contributed by atoms with E-state index in [0.29, 0.717) is 29.3 Å². The second kappa shape index (κ2) is 9.73. The van der Waals surface area contributed by atoms with Crippen molar-refractivity contribution in [3.8, 4) is 0 Å². The molecule has 0 aromatic rings. The molecule has 4 aliphatic carbocycles. The van der Waals surface area contributed by atoms with Crippen LogP contribution in [0.25, 0.3) is 0 Å². The smallest absolute Gasteiger partial charge is 0.183 e. The number of aliphatic hydroxyl groups excluding tert-OH is 3. The number of hydrogen-bond acceptors (Lipinski definition) is 7. The molecule has 4 N–H and O–H groups in total. The van der Waals surface area contributed by atoms with Gasteiger partial charge in [-0.3, -0.25) is 5.32 Å². The Kier molecular flexibility index (Phi) is 6.87. The van der Waals surface area contributed by atoms with Crippen LogP contribution in [-0.4, -0.2) is 70.5 Å². The standard InChI is InChI=1S/C33H53NO6/c1-17-8-13-33(34-16-17)18(2)26-25(40-33)15-24-22-7-6-20-14-21(39-29-19(3)38-30(37)28(36)27(29)35)9-11-31(20,4)23(22)10-12-32(24,26)5/h6,17-19,21-30,34-37H,7-16H2,1-5H3/t17-,18+,19-,21+,22-,23+,24+,25+,26+,27+,28-,29-,30-,31+,32+,33-/m1/s1. The Labute approximate surface area is 240 Å². The molecule has 3 saturated carbocycles. The number of piperidine rings is 1. The number of ether oxygens (including phenoxy) is 3. The van der Waals surface area contributed by atoms with Crippen molar-refractivity contribution in [1.82, 2.24) is 5.32 Å². The third-order valence-corrected chi connectivity index (χ3v) is 13.7. The summed E-state index contributed by atoms with van der Waals surface area (Å²) in [6.07, 6.45) is 8.35. The van der Waals surface area contributed by atoms with Gasteiger partial charge in [0.15, 0.2) is 6.29 Å². The lowest BCUT2D eigenvalue weighted by Crippen LogP contribution is -2.58. The van der Waals surface area contributed by atoms with Crippen molar-refractivity contribution in [2.24, 2.45) is 46.3 Å². The van der Waals surface area contributed by atoms with Gasteiger partial charge in [0.1, 0.15) is 24.0 Å². The molecule has 40 heavy (non-hydrogen) atoms. The van der Waals surface area contributed by atoms with Gasteiger partial charge in [0.2, 0.25) is 0 Å². The van der Waals surface area contributed by atoms with Crippen LogP contribution >= 0.6 is 0 Å². The topological polar surface area (TPSA) is 100 Å². The largest absolute Gasteiger partial charge is 0.387 e. The Bertz CT molecular complexity index is 1010. The highest BCUT2D eigenvalue weighted by atomic mass is 16.6. The molecular weight excluding hydrogens is 506 g/mol. The van der Waals surface area contributed by atoms with Crippen molar-refractivity contribution in [1.29, 1.82) is 0 Å². The zero-order chi connectivity index (χ0) is 28.2. The van der Waals surface area contributed by atoms with Gasteiger partial charge in [0.25, 0.3) is 0 Å². The average molecular weight is 560 g/mol. The Morgan fingerprint density at radius 3 is 2.52 bits per heavy atom. The number of fused-ring (bicyclic) bond motifs is 7. The second-order valence-corrected chi connectivity index (χ2v) is 15.6. The van der Waals surface area contributed by atoms with E-state index in [4.69, 9.17) is 14.2 Å². The van der Waals surface area contributed by atoms with Gasteiger partial charge >= 0.3 is 0 Å². The van der Waals surface area contributed by atoms with Crippen molar-refractivity contribution in [2.45, 2.75) is 141 Å². The summed E-state index contributed by atoms with van der Waals surface area (Å²) in [5, 5.41) is 34.5. The van der Waals surface area contributed by atoms with Crippen molar-refractivity contribution < 1.29 is 29.5 Å². The van der Waals surface area contributed by atoms with Crippen molar-refractivity contribution in [3.63, 3.8) is 0 Å². The van der Waals surface area contributed by atoms with Gasteiger partial charge in [-0.2, -0.15) is 0 Å². The van der Waals surface area contributed by atoms with Crippen LogP contribution < -0.4 is 5.32 Å². The number of rotatable bonds is 2. The quantitative estimate of drug-likeness (QED) is 0.378. The summed E-state index contributed by atoms with van der Waals surface area (Å²) < 4.78 is 18.9. The Balaban J connectivity index is 1.06. The summed E-state index contributed by atoms with van der Waals surface area (Å²) in [6.45, 7) is 12.9. The highest BCUT2D eigenvalue weighted by Gasteiger charge is 2.68. The molecule has 1 spiro atoms. The minimum Gasteiger partial charge on any atom is -0.387 e. The molecule has 16 atom stereocenters. The summed E-state index contributed by atoms with van der Waals surface area (Å²) >= 11 is 0. The van der Waals surface area contributed by atoms with E-state index in [2.05, 4.69) is 39.1 Å². The maximum Gasteiger partial charge on any atom is 0.183 e. The first kappa shape index (κ1) is 28.2. The molecule has 0 unspecified atom stereocenters. The number of allylic oxidation sites excluding steroid dienone is 1. The lowest BCUT2D eigenvalue weighted by Gasteiger charge is -2.59. The van der Waals surface area contributed by atoms with Gasteiger partial charge in [0, 0.05) is 12.5 Å². The molecule has 226 valence electrons. The van der Waals surface area contributed by atoms with E-state index in [9.17, 15) is 15.3 Å². The predicted molar refractivity (Wildman–Crippen MR) is 151 cm³/mol. The molecule has 0 amide bonds. The molecule has 7 aliphatic rings. The third kappa shape index (κ3) is 4.01. The van der Waals surface area contributed by atoms with E-state index in [1.807, 2.05) is 0 Å². The molecule has 3 heterocycles. The maximum atomic E-state index is 10.6. The summed E-state index contributed by atoms with van der Waals surface area (Å²) in [5.74, 6) is 4.14. The molecule has 6 fully saturated rings. The first-order valence-electron chi connectivity index (χ1n) is 16.4. The molecule has 0 bridgehead atoms. The van der Waals surface area contributed by atoms with E-state index in [1.54, 1.807) is 6.92 Å². The van der Waals surface area contributed by atoms with E-state index in [-0.39, 0.29) is 17.2 Å². The monoisotopic (exact) mass is 559 g/mol. The van der Waals surface area contributed by atoms with Crippen LogP contribution in [0.2, 0.25) is 0 Å². The van der Waals surface area contributed by atoms with E-state index < -0.39 is 30.7 Å². The van der Waals surface area contributed by atoms with E-state index in [1.165, 1.54) is 31.3 Å². The Morgan fingerprint density at radius 1 is 0.975 bits per heavy atom. The normalized spacial score (nSPS) is 59.5. The van der Waals surface area contributed by atoms with Crippen molar-refractivity contribution in [3.05, 3.63) is 11.6 Å². The first-order chi connectivity index (χ1) is 19.0. The van der Waals surface area contributed by atoms with Gasteiger partial charge in [0.05, 0.1) is 18.3 Å². The molecule has 0 radical (unpaired) electrons. The fourth-order valence-corrected chi connectivity index (χ4v) is 11.4. The zero-order valence-corrected chi connectivity index (χ0v) is 25.2. The van der Waals surface area contributed by atoms with Gasteiger partial charge in [-0.05, 0) is 105 Å². The Hall–Kier alpha value is -0.540. The minimum absolute atomic E-state index is 0.000127. The van der Waals surface area contributed by atoms with Gasteiger partial charge in [-0.15, -0.1) is 0 Å². The van der Waals surface area contributed by atoms with Crippen LogP contribution in [0.1, 0.15) is 92.4 Å². The maximum absolute atomic E-state index is 10.6. The molecule has 3 aliphatic heterocycles. The van der Waals surface area contributed by atoms with Crippen LogP contribution in [0.4, 0.5) is 0 Å². The van der Waals surface area contributed by atoms with Crippen LogP contribution in [0.5, 0.6) is 0 Å². The van der Waals surface area contributed by atoms with Gasteiger partial charge < -0.3 is 29.5 Å². The lowest BCUT2D eigenvalue weighted by atomic mass is 9.47. The average Bonchev–Trinajstić information content (AvgIpc) is 3.37. The molecule has 0 aromatic carbocycles. The number of nitrogens with one attached hydrogen (secondary N) is 1. The number of aliphatic hydroxyl groups is 3. The van der Waals surface area contributed by atoms with E-state index >= 15 is 0 Å². The van der Waals surface area contributed by atoms with Crippen molar-refractivity contribution in [2.75, 3.05) is 6.54 Å². The molecule has 7 rings (SSSR count). The molecule has 7 heteroatoms. The van der Waals surface area contributed by atoms with Gasteiger partial charge in [-0.25, -0.2) is 0 Å². The summed E-state index contributed by atoms with van der Waals surface area (Å²) in [5.41, 5.74) is 2.01. The van der Waals surface area contributed by atoms with Crippen LogP contribution in [-0.2, 0) is 14.2 Å². The van der Waals surface area contributed by atoms with Crippen LogP contribution in [0.3, 0.4) is 0 Å². The van der Waals surface area contributed by atoms with Gasteiger partial charge in [-0.1, -0.05) is 39.3 Å². The van der Waals surface area contributed by atoms with Crippen LogP contribution in [0.15, 0.2) is 11.6 Å². The molecule has 7 nitrogen and oxygen atoms in total. The van der Waals surface area contributed by atoms with E-state index in [0.717, 1.165) is 56.4 Å². The fourth-order valence-electron chi connectivity index (χ4n) is 11.4. The molecular formula is C33H53NO6. The molecule has 3 saturated heterocycles. The predicted octanol–water partition coefficient (Wildman–Crippen LogP) is 4.14. The SMILES string of the molecule is C[C@@H]1CC[C@@]2(NC1)O[C@H]1C[C@H]3[C@@H]4CC=C5C[C@@H](O[C@H]6[C@@H](O)[C@@H](O)[C@H](O)O[C@@H]6C)CC[C@]5(C)[C@H]4CC[C@]3(C)[C@H]1[C@@H]2C. The summed E-state index contributed by atoms with van der Waals surface area (Å²) in [6, 6.07) is 0. The fraction of sp³-hybridized carbons (Fsp3) is 0.939. The first-order valence-corrected chi connectivity index (χ1v) is 16.4. The van der Waals surface area contributed by atoms with Crippen molar-refractivity contribution >= 4 is 0 Å². The summed E-state index contributed by atoms with van der Waals surface area (Å²) in [7, 11) is 0. The number of hydrogen-bond donors (Lipinski definition) is 4. The van der Waals surface area contributed by atoms with Crippen LogP contribution in [0, 0.1) is 46.3 Å². The minimum atomic E-state index is -1.37. The molecule has 0 aromatic heterocycles. The summed E-state index contributed by atoms with van der Waals surface area (Å²) in [4.78, 5) is 0. The third-order valence-electron chi connectivity index (χ3n) is 13.7. The Morgan fingerprint density at radius 2 is 1.77 bits per heavy atom. The zero-order valence-electron chi connectivity index (χ0n) is 25.2. The highest BCUT2D eigenvalue weighted by Crippen LogP contribution is 2.70. The second-order valence-electron chi connectivity index (χ2n) is 15.6. The lowest BCUT2D eigenvalue weighted by molar-refractivity contribution is -0.292. The highest BCUT2D eigenvalue weighted by molar-refractivity contribution is 5.26.